The van der Waals surface area contributed by atoms with Crippen LogP contribution in [0.25, 0.3) is 0 Å². The van der Waals surface area contributed by atoms with E-state index < -0.39 is 24.5 Å². The average Bonchev–Trinajstić information content (AvgIpc) is 2.72. The van der Waals surface area contributed by atoms with Crippen LogP contribution in [-0.4, -0.2) is 64.2 Å². The Morgan fingerprint density at radius 3 is 2.30 bits per heavy atom. The van der Waals surface area contributed by atoms with Gasteiger partial charge in [0.25, 0.3) is 5.91 Å². The standard InChI is InChI=1S/C19H29N5O5S/c1-12(2)16(18(29)21-11-15(26)27)24-14(25)7-5-4-6-8-20-17(28)13-9-22-19(30-3)23-10-13/h9-10,12,16H,4-8,11H2,1-3H3,(H,20,28)(H,21,29)(H,24,25)(H,26,27). The number of carboxylic acids is 1. The Morgan fingerprint density at radius 1 is 1.07 bits per heavy atom. The van der Waals surface area contributed by atoms with Crippen LogP contribution in [0.1, 0.15) is 49.9 Å². The number of carbonyl (C=O) groups is 4. The average molecular weight is 440 g/mol. The van der Waals surface area contributed by atoms with Crippen molar-refractivity contribution in [3.63, 3.8) is 0 Å². The van der Waals surface area contributed by atoms with E-state index in [4.69, 9.17) is 5.11 Å². The first kappa shape index (κ1) is 25.3. The van der Waals surface area contributed by atoms with E-state index >= 15 is 0 Å². The van der Waals surface area contributed by atoms with Gasteiger partial charge in [-0.1, -0.05) is 32.0 Å². The number of nitrogens with zero attached hydrogens (tertiary/aromatic N) is 2. The van der Waals surface area contributed by atoms with Crippen LogP contribution in [0.5, 0.6) is 0 Å². The van der Waals surface area contributed by atoms with Gasteiger partial charge in [-0.05, 0) is 25.0 Å². The minimum Gasteiger partial charge on any atom is -0.480 e. The molecular weight excluding hydrogens is 410 g/mol. The van der Waals surface area contributed by atoms with Gasteiger partial charge in [0.2, 0.25) is 11.8 Å². The van der Waals surface area contributed by atoms with E-state index in [-0.39, 0.29) is 24.2 Å². The molecule has 0 aliphatic rings. The normalized spacial score (nSPS) is 11.6. The molecule has 1 aromatic rings. The summed E-state index contributed by atoms with van der Waals surface area (Å²) < 4.78 is 0. The van der Waals surface area contributed by atoms with Crippen LogP contribution in [0.3, 0.4) is 0 Å². The molecule has 11 heteroatoms. The zero-order valence-corrected chi connectivity index (χ0v) is 18.3. The van der Waals surface area contributed by atoms with Crippen LogP contribution in [0.2, 0.25) is 0 Å². The Hall–Kier alpha value is -2.69. The van der Waals surface area contributed by atoms with Gasteiger partial charge in [-0.15, -0.1) is 0 Å². The van der Waals surface area contributed by atoms with Crippen LogP contribution in [0.15, 0.2) is 17.6 Å². The third-order valence-electron chi connectivity index (χ3n) is 4.12. The first-order chi connectivity index (χ1) is 14.2. The summed E-state index contributed by atoms with van der Waals surface area (Å²) in [6, 6.07) is -0.782. The maximum Gasteiger partial charge on any atom is 0.322 e. The van der Waals surface area contributed by atoms with Crippen molar-refractivity contribution in [2.45, 2.75) is 50.7 Å². The third kappa shape index (κ3) is 9.68. The summed E-state index contributed by atoms with van der Waals surface area (Å²) in [6.45, 7) is 3.52. The van der Waals surface area contributed by atoms with Gasteiger partial charge >= 0.3 is 5.97 Å². The lowest BCUT2D eigenvalue weighted by Crippen LogP contribution is -2.50. The largest absolute Gasteiger partial charge is 0.480 e. The van der Waals surface area contributed by atoms with Crippen molar-refractivity contribution >= 4 is 35.5 Å². The van der Waals surface area contributed by atoms with Crippen molar-refractivity contribution in [1.82, 2.24) is 25.9 Å². The summed E-state index contributed by atoms with van der Waals surface area (Å²) in [7, 11) is 0. The van der Waals surface area contributed by atoms with Gasteiger partial charge in [-0.25, -0.2) is 9.97 Å². The van der Waals surface area contributed by atoms with Gasteiger partial charge in [0.1, 0.15) is 12.6 Å². The fourth-order valence-electron chi connectivity index (χ4n) is 2.48. The molecule has 3 amide bonds. The zero-order chi connectivity index (χ0) is 22.5. The van der Waals surface area contributed by atoms with Crippen LogP contribution in [0.4, 0.5) is 0 Å². The number of carboxylic acid groups (broad SMARTS) is 1. The molecule has 0 aliphatic heterocycles. The Labute approximate surface area is 180 Å². The van der Waals surface area contributed by atoms with Gasteiger partial charge < -0.3 is 21.1 Å². The molecule has 166 valence electrons. The lowest BCUT2D eigenvalue weighted by atomic mass is 10.0. The molecule has 1 rings (SSSR count). The molecule has 4 N–H and O–H groups in total. The van der Waals surface area contributed by atoms with Crippen molar-refractivity contribution in [2.75, 3.05) is 19.3 Å². The second-order valence-electron chi connectivity index (χ2n) is 6.93. The number of rotatable bonds is 13. The highest BCUT2D eigenvalue weighted by atomic mass is 32.2. The molecule has 0 spiro atoms. The number of carbonyl (C=O) groups excluding carboxylic acids is 3. The quantitative estimate of drug-likeness (QED) is 0.200. The first-order valence-corrected chi connectivity index (χ1v) is 10.9. The zero-order valence-electron chi connectivity index (χ0n) is 17.4. The number of unbranched alkanes of at least 4 members (excludes halogenated alkanes) is 2. The summed E-state index contributed by atoms with van der Waals surface area (Å²) in [6.07, 6.45) is 7.10. The molecule has 0 bridgehead atoms. The fraction of sp³-hybridized carbons (Fsp3) is 0.579. The molecular formula is C19H29N5O5S. The minimum absolute atomic E-state index is 0.174. The monoisotopic (exact) mass is 439 g/mol. The van der Waals surface area contributed by atoms with Gasteiger partial charge in [0, 0.05) is 25.4 Å². The van der Waals surface area contributed by atoms with Gasteiger partial charge in [-0.3, -0.25) is 19.2 Å². The topological polar surface area (TPSA) is 150 Å². The fourth-order valence-corrected chi connectivity index (χ4v) is 2.80. The van der Waals surface area contributed by atoms with Crippen molar-refractivity contribution in [3.8, 4) is 0 Å². The van der Waals surface area contributed by atoms with Crippen molar-refractivity contribution < 1.29 is 24.3 Å². The molecule has 0 fully saturated rings. The van der Waals surface area contributed by atoms with E-state index in [0.717, 1.165) is 6.42 Å². The smallest absolute Gasteiger partial charge is 0.322 e. The Kier molecular flexibility index (Phi) is 11.4. The van der Waals surface area contributed by atoms with Crippen molar-refractivity contribution in [3.05, 3.63) is 18.0 Å². The molecule has 30 heavy (non-hydrogen) atoms. The van der Waals surface area contributed by atoms with Crippen LogP contribution in [-0.2, 0) is 14.4 Å². The predicted octanol–water partition coefficient (Wildman–Crippen LogP) is 0.830. The maximum absolute atomic E-state index is 12.1. The molecule has 0 radical (unpaired) electrons. The molecule has 0 saturated carbocycles. The Morgan fingerprint density at radius 2 is 1.73 bits per heavy atom. The number of nitrogens with one attached hydrogen (secondary N) is 3. The van der Waals surface area contributed by atoms with Crippen molar-refractivity contribution in [1.29, 1.82) is 0 Å². The maximum atomic E-state index is 12.1. The molecule has 0 aliphatic carbocycles. The van der Waals surface area contributed by atoms with Crippen molar-refractivity contribution in [2.24, 2.45) is 5.92 Å². The minimum atomic E-state index is -1.14. The summed E-state index contributed by atoms with van der Waals surface area (Å²) in [5, 5.41) is 17.0. The van der Waals surface area contributed by atoms with Crippen LogP contribution < -0.4 is 16.0 Å². The highest BCUT2D eigenvalue weighted by Gasteiger charge is 2.24. The summed E-state index contributed by atoms with van der Waals surface area (Å²) in [5.41, 5.74) is 0.396. The van der Waals surface area contributed by atoms with E-state index in [0.29, 0.717) is 30.1 Å². The number of amides is 3. The summed E-state index contributed by atoms with van der Waals surface area (Å²) in [4.78, 5) is 54.8. The lowest BCUT2D eigenvalue weighted by molar-refractivity contribution is -0.138. The number of hydrogen-bond donors (Lipinski definition) is 4. The third-order valence-corrected chi connectivity index (χ3v) is 4.69. The second kappa shape index (κ2) is 13.5. The van der Waals surface area contributed by atoms with Crippen LogP contribution >= 0.6 is 11.8 Å². The highest BCUT2D eigenvalue weighted by molar-refractivity contribution is 7.98. The SMILES string of the molecule is CSc1ncc(C(=O)NCCCCCC(=O)NC(C(=O)NCC(=O)O)C(C)C)cn1. The molecule has 0 aromatic carbocycles. The highest BCUT2D eigenvalue weighted by Crippen LogP contribution is 2.07. The Bertz CT molecular complexity index is 727. The van der Waals surface area contributed by atoms with Gasteiger partial charge in [0.05, 0.1) is 5.56 Å². The number of aliphatic carboxylic acids is 1. The lowest BCUT2D eigenvalue weighted by Gasteiger charge is -2.21. The molecule has 10 nitrogen and oxygen atoms in total. The molecule has 1 unspecified atom stereocenters. The number of aromatic nitrogens is 2. The second-order valence-corrected chi connectivity index (χ2v) is 7.70. The molecule has 1 heterocycles. The van der Waals surface area contributed by atoms with Gasteiger partial charge in [-0.2, -0.15) is 0 Å². The van der Waals surface area contributed by atoms with E-state index in [1.54, 1.807) is 13.8 Å². The molecule has 0 saturated heterocycles. The van der Waals surface area contributed by atoms with E-state index in [2.05, 4.69) is 25.9 Å². The summed E-state index contributed by atoms with van der Waals surface area (Å²) in [5.74, 6) is -2.35. The number of thioether (sulfide) groups is 1. The Balaban J connectivity index is 2.25. The van der Waals surface area contributed by atoms with E-state index in [9.17, 15) is 19.2 Å². The number of hydrogen-bond acceptors (Lipinski definition) is 7. The first-order valence-electron chi connectivity index (χ1n) is 9.67. The van der Waals surface area contributed by atoms with Gasteiger partial charge in [0.15, 0.2) is 5.16 Å². The molecule has 1 atom stereocenters. The summed E-state index contributed by atoms with van der Waals surface area (Å²) >= 11 is 1.40. The van der Waals surface area contributed by atoms with E-state index in [1.807, 2.05) is 6.26 Å². The molecule has 1 aromatic heterocycles. The predicted molar refractivity (Wildman–Crippen MR) is 112 cm³/mol. The van der Waals surface area contributed by atoms with E-state index in [1.165, 1.54) is 24.2 Å². The van der Waals surface area contributed by atoms with Crippen LogP contribution in [0, 0.1) is 5.92 Å².